The molecule has 86 valence electrons. The van der Waals surface area contributed by atoms with E-state index in [4.69, 9.17) is 0 Å². The van der Waals surface area contributed by atoms with Crippen LogP contribution >= 0.6 is 11.9 Å². The van der Waals surface area contributed by atoms with E-state index in [0.29, 0.717) is 0 Å². The van der Waals surface area contributed by atoms with E-state index >= 15 is 0 Å². The molecule has 0 radical (unpaired) electrons. The fraction of sp³-hybridized carbons (Fsp3) is 0.455. The second-order valence-electron chi connectivity index (χ2n) is 3.89. The Bertz CT molecular complexity index is 360. The lowest BCUT2D eigenvalue weighted by Gasteiger charge is -2.09. The van der Waals surface area contributed by atoms with Gasteiger partial charge >= 0.3 is 0 Å². The molecule has 0 aromatic carbocycles. The number of hydrogen-bond donors (Lipinski definition) is 2. The third-order valence-corrected chi connectivity index (χ3v) is 3.27. The average molecular weight is 237 g/mol. The van der Waals surface area contributed by atoms with Gasteiger partial charge in [0.1, 0.15) is 5.03 Å². The fourth-order valence-electron chi connectivity index (χ4n) is 1.60. The molecule has 1 aliphatic rings. The van der Waals surface area contributed by atoms with E-state index in [-0.39, 0.29) is 11.9 Å². The smallest absolute Gasteiger partial charge is 0.247 e. The zero-order valence-corrected chi connectivity index (χ0v) is 10.0. The van der Waals surface area contributed by atoms with E-state index < -0.39 is 0 Å². The Morgan fingerprint density at radius 2 is 2.50 bits per heavy atom. The predicted octanol–water partition coefficient (Wildman–Crippen LogP) is 1.27. The SMILES string of the molecule is Cc1ccc(SNC(=O)[C@@H]2CCCN2)nc1. The summed E-state index contributed by atoms with van der Waals surface area (Å²) in [5.74, 6) is 0.0462. The molecule has 16 heavy (non-hydrogen) atoms. The number of pyridine rings is 1. The summed E-state index contributed by atoms with van der Waals surface area (Å²) in [6.07, 6.45) is 3.79. The van der Waals surface area contributed by atoms with Crippen LogP contribution in [-0.4, -0.2) is 23.5 Å². The van der Waals surface area contributed by atoms with Gasteiger partial charge < -0.3 is 5.32 Å². The third kappa shape index (κ3) is 2.96. The van der Waals surface area contributed by atoms with E-state index in [0.717, 1.165) is 30.0 Å². The van der Waals surface area contributed by atoms with Crippen LogP contribution < -0.4 is 10.0 Å². The number of carbonyl (C=O) groups is 1. The standard InChI is InChI=1S/C11H15N3OS/c1-8-4-5-10(13-7-8)16-14-11(15)9-3-2-6-12-9/h4-5,7,9,12H,2-3,6H2,1H3,(H,14,15)/t9-/m0/s1. The van der Waals surface area contributed by atoms with Gasteiger partial charge in [-0.2, -0.15) is 0 Å². The minimum Gasteiger partial charge on any atom is -0.306 e. The number of nitrogens with zero attached hydrogens (tertiary/aromatic N) is 1. The molecule has 1 aromatic rings. The fourth-order valence-corrected chi connectivity index (χ4v) is 2.19. The van der Waals surface area contributed by atoms with Crippen LogP contribution in [-0.2, 0) is 4.79 Å². The summed E-state index contributed by atoms with van der Waals surface area (Å²) < 4.78 is 2.81. The number of nitrogens with one attached hydrogen (secondary N) is 2. The van der Waals surface area contributed by atoms with Crippen molar-refractivity contribution in [2.45, 2.75) is 30.8 Å². The summed E-state index contributed by atoms with van der Waals surface area (Å²) in [5, 5.41) is 3.97. The molecule has 5 heteroatoms. The maximum absolute atomic E-state index is 11.7. The molecule has 1 aliphatic heterocycles. The van der Waals surface area contributed by atoms with E-state index in [9.17, 15) is 4.79 Å². The van der Waals surface area contributed by atoms with Crippen LogP contribution in [0.15, 0.2) is 23.4 Å². The summed E-state index contributed by atoms with van der Waals surface area (Å²) in [7, 11) is 0. The second kappa shape index (κ2) is 5.32. The molecule has 1 amide bonds. The molecule has 4 nitrogen and oxygen atoms in total. The minimum atomic E-state index is -0.0297. The molecule has 0 saturated carbocycles. The van der Waals surface area contributed by atoms with Gasteiger partial charge in [0, 0.05) is 18.1 Å². The highest BCUT2D eigenvalue weighted by Crippen LogP contribution is 2.13. The Hall–Kier alpha value is -1.07. The zero-order valence-electron chi connectivity index (χ0n) is 9.19. The van der Waals surface area contributed by atoms with E-state index in [1.54, 1.807) is 6.20 Å². The molecule has 1 saturated heterocycles. The van der Waals surface area contributed by atoms with E-state index in [1.165, 1.54) is 11.9 Å². The molecule has 0 unspecified atom stereocenters. The summed E-state index contributed by atoms with van der Waals surface area (Å²) in [6, 6.07) is 3.86. The normalized spacial score (nSPS) is 19.7. The van der Waals surface area contributed by atoms with Crippen LogP contribution in [0.5, 0.6) is 0 Å². The topological polar surface area (TPSA) is 54.0 Å². The Morgan fingerprint density at radius 1 is 1.62 bits per heavy atom. The lowest BCUT2D eigenvalue weighted by molar-refractivity contribution is -0.120. The van der Waals surface area contributed by atoms with Crippen molar-refractivity contribution < 1.29 is 4.79 Å². The van der Waals surface area contributed by atoms with E-state index in [1.807, 2.05) is 19.1 Å². The Morgan fingerprint density at radius 3 is 3.12 bits per heavy atom. The Balaban J connectivity index is 1.82. The average Bonchev–Trinajstić information content (AvgIpc) is 2.81. The van der Waals surface area contributed by atoms with Gasteiger partial charge in [0.15, 0.2) is 0 Å². The Labute approximate surface area is 99.4 Å². The van der Waals surface area contributed by atoms with Crippen molar-refractivity contribution in [1.82, 2.24) is 15.0 Å². The molecule has 1 fully saturated rings. The van der Waals surface area contributed by atoms with Gasteiger partial charge in [-0.15, -0.1) is 0 Å². The van der Waals surface area contributed by atoms with Crippen LogP contribution in [0, 0.1) is 6.92 Å². The van der Waals surface area contributed by atoms with Gasteiger partial charge in [-0.05, 0) is 37.9 Å². The highest BCUT2D eigenvalue weighted by Gasteiger charge is 2.21. The van der Waals surface area contributed by atoms with Crippen LogP contribution in [0.4, 0.5) is 0 Å². The summed E-state index contributed by atoms with van der Waals surface area (Å²) >= 11 is 1.27. The molecule has 0 spiro atoms. The van der Waals surface area contributed by atoms with Crippen LogP contribution in [0.3, 0.4) is 0 Å². The molecule has 1 aromatic heterocycles. The van der Waals surface area contributed by atoms with Crippen molar-refractivity contribution in [2.24, 2.45) is 0 Å². The first kappa shape index (κ1) is 11.4. The number of aromatic nitrogens is 1. The third-order valence-electron chi connectivity index (χ3n) is 2.52. The number of aryl methyl sites for hydroxylation is 1. The van der Waals surface area contributed by atoms with Crippen molar-refractivity contribution in [3.63, 3.8) is 0 Å². The Kier molecular flexibility index (Phi) is 3.79. The first-order valence-electron chi connectivity index (χ1n) is 5.38. The second-order valence-corrected chi connectivity index (χ2v) is 4.72. The first-order valence-corrected chi connectivity index (χ1v) is 6.20. The summed E-state index contributed by atoms with van der Waals surface area (Å²) in [5.41, 5.74) is 1.12. The van der Waals surface area contributed by atoms with Gasteiger partial charge in [0.05, 0.1) is 6.04 Å². The van der Waals surface area contributed by atoms with Gasteiger partial charge in [-0.25, -0.2) is 4.98 Å². The van der Waals surface area contributed by atoms with Crippen LogP contribution in [0.1, 0.15) is 18.4 Å². The van der Waals surface area contributed by atoms with E-state index in [2.05, 4.69) is 15.0 Å². The number of amides is 1. The van der Waals surface area contributed by atoms with Gasteiger partial charge in [0.25, 0.3) is 0 Å². The summed E-state index contributed by atoms with van der Waals surface area (Å²) in [4.78, 5) is 15.9. The molecule has 0 aliphatic carbocycles. The molecule has 2 N–H and O–H groups in total. The van der Waals surface area contributed by atoms with Crippen molar-refractivity contribution in [2.75, 3.05) is 6.54 Å². The zero-order chi connectivity index (χ0) is 11.4. The predicted molar refractivity (Wildman–Crippen MR) is 64.0 cm³/mol. The first-order chi connectivity index (χ1) is 7.75. The van der Waals surface area contributed by atoms with Crippen molar-refractivity contribution >= 4 is 17.9 Å². The molecular formula is C11H15N3OS. The lowest BCUT2D eigenvalue weighted by atomic mass is 10.2. The molecular weight excluding hydrogens is 222 g/mol. The monoisotopic (exact) mass is 237 g/mol. The highest BCUT2D eigenvalue weighted by molar-refractivity contribution is 7.97. The lowest BCUT2D eigenvalue weighted by Crippen LogP contribution is -2.37. The molecule has 2 rings (SSSR count). The largest absolute Gasteiger partial charge is 0.306 e. The number of carbonyl (C=O) groups excluding carboxylic acids is 1. The highest BCUT2D eigenvalue weighted by atomic mass is 32.2. The maximum Gasteiger partial charge on any atom is 0.247 e. The maximum atomic E-state index is 11.7. The molecule has 1 atom stereocenters. The van der Waals surface area contributed by atoms with Gasteiger partial charge in [-0.1, -0.05) is 6.07 Å². The van der Waals surface area contributed by atoms with Crippen LogP contribution in [0.2, 0.25) is 0 Å². The summed E-state index contributed by atoms with van der Waals surface area (Å²) in [6.45, 7) is 2.92. The van der Waals surface area contributed by atoms with Crippen molar-refractivity contribution in [3.05, 3.63) is 23.9 Å². The number of rotatable bonds is 3. The van der Waals surface area contributed by atoms with Crippen molar-refractivity contribution in [1.29, 1.82) is 0 Å². The van der Waals surface area contributed by atoms with Crippen LogP contribution in [0.25, 0.3) is 0 Å². The van der Waals surface area contributed by atoms with Crippen molar-refractivity contribution in [3.8, 4) is 0 Å². The number of hydrogen-bond acceptors (Lipinski definition) is 4. The van der Waals surface area contributed by atoms with Gasteiger partial charge in [-0.3, -0.25) is 9.52 Å². The molecule has 0 bridgehead atoms. The quantitative estimate of drug-likeness (QED) is 0.777. The molecule has 2 heterocycles. The van der Waals surface area contributed by atoms with Gasteiger partial charge in [0.2, 0.25) is 5.91 Å². The minimum absolute atomic E-state index is 0.0297.